The largest absolute Gasteiger partial charge is 0.384 e. The SMILES string of the molecule is CCNc1c(C)c(C)nc2cc(F)cc(F)c12. The van der Waals surface area contributed by atoms with E-state index in [0.29, 0.717) is 23.1 Å². The fourth-order valence-electron chi connectivity index (χ4n) is 1.93. The van der Waals surface area contributed by atoms with Crippen LogP contribution >= 0.6 is 0 Å². The van der Waals surface area contributed by atoms with E-state index in [4.69, 9.17) is 0 Å². The van der Waals surface area contributed by atoms with Gasteiger partial charge < -0.3 is 5.32 Å². The Labute approximate surface area is 98.7 Å². The summed E-state index contributed by atoms with van der Waals surface area (Å²) in [5.41, 5.74) is 2.72. The Morgan fingerprint density at radius 3 is 2.59 bits per heavy atom. The van der Waals surface area contributed by atoms with Gasteiger partial charge in [0.1, 0.15) is 11.6 Å². The third-order valence-electron chi connectivity index (χ3n) is 2.84. The molecular weight excluding hydrogens is 222 g/mol. The molecule has 0 atom stereocenters. The second-order valence-corrected chi connectivity index (χ2v) is 4.01. The second kappa shape index (κ2) is 4.28. The first-order chi connectivity index (χ1) is 8.04. The molecule has 1 aromatic carbocycles. The third kappa shape index (κ3) is 1.95. The van der Waals surface area contributed by atoms with Crippen molar-refractivity contribution in [3.05, 3.63) is 35.0 Å². The van der Waals surface area contributed by atoms with Crippen molar-refractivity contribution < 1.29 is 8.78 Å². The molecule has 0 radical (unpaired) electrons. The first-order valence-corrected chi connectivity index (χ1v) is 5.54. The number of halogens is 2. The molecule has 0 aliphatic rings. The topological polar surface area (TPSA) is 24.9 Å². The predicted octanol–water partition coefficient (Wildman–Crippen LogP) is 3.56. The highest BCUT2D eigenvalue weighted by molar-refractivity contribution is 5.93. The summed E-state index contributed by atoms with van der Waals surface area (Å²) in [6.45, 7) is 6.32. The Morgan fingerprint density at radius 1 is 1.24 bits per heavy atom. The van der Waals surface area contributed by atoms with Crippen molar-refractivity contribution in [2.45, 2.75) is 20.8 Å². The molecule has 2 aromatic rings. The Kier molecular flexibility index (Phi) is 2.96. The van der Waals surface area contributed by atoms with Crippen molar-refractivity contribution in [1.29, 1.82) is 0 Å². The molecule has 0 aliphatic carbocycles. The normalized spacial score (nSPS) is 10.9. The van der Waals surface area contributed by atoms with E-state index in [9.17, 15) is 8.78 Å². The zero-order valence-electron chi connectivity index (χ0n) is 10.1. The van der Waals surface area contributed by atoms with E-state index < -0.39 is 11.6 Å². The molecule has 1 heterocycles. The van der Waals surface area contributed by atoms with Gasteiger partial charge in [-0.25, -0.2) is 8.78 Å². The molecule has 1 aromatic heterocycles. The minimum Gasteiger partial charge on any atom is -0.384 e. The number of pyridine rings is 1. The van der Waals surface area contributed by atoms with Crippen LogP contribution in [0.25, 0.3) is 10.9 Å². The van der Waals surface area contributed by atoms with Gasteiger partial charge in [-0.1, -0.05) is 0 Å². The average molecular weight is 236 g/mol. The molecule has 0 aliphatic heterocycles. The minimum atomic E-state index is -0.604. The van der Waals surface area contributed by atoms with Crippen molar-refractivity contribution in [3.8, 4) is 0 Å². The minimum absolute atomic E-state index is 0.349. The molecular formula is C13H14F2N2. The van der Waals surface area contributed by atoms with E-state index >= 15 is 0 Å². The Balaban J connectivity index is 2.87. The van der Waals surface area contributed by atoms with Crippen LogP contribution in [0.1, 0.15) is 18.2 Å². The van der Waals surface area contributed by atoms with Gasteiger partial charge in [0.15, 0.2) is 0 Å². The lowest BCUT2D eigenvalue weighted by atomic mass is 10.1. The van der Waals surface area contributed by atoms with Gasteiger partial charge in [-0.05, 0) is 26.3 Å². The van der Waals surface area contributed by atoms with Crippen LogP contribution in [0.15, 0.2) is 12.1 Å². The van der Waals surface area contributed by atoms with Gasteiger partial charge in [0.2, 0.25) is 0 Å². The first kappa shape index (κ1) is 11.8. The average Bonchev–Trinajstić information content (AvgIpc) is 2.24. The van der Waals surface area contributed by atoms with Gasteiger partial charge in [-0.15, -0.1) is 0 Å². The van der Waals surface area contributed by atoms with Crippen LogP contribution in [0.2, 0.25) is 0 Å². The van der Waals surface area contributed by atoms with E-state index in [1.54, 1.807) is 0 Å². The number of nitrogens with one attached hydrogen (secondary N) is 1. The number of hydrogen-bond donors (Lipinski definition) is 1. The molecule has 2 nitrogen and oxygen atoms in total. The molecule has 2 rings (SSSR count). The highest BCUT2D eigenvalue weighted by Gasteiger charge is 2.13. The molecule has 1 N–H and O–H groups in total. The molecule has 0 saturated carbocycles. The van der Waals surface area contributed by atoms with Crippen molar-refractivity contribution >= 4 is 16.6 Å². The fraction of sp³-hybridized carbons (Fsp3) is 0.308. The highest BCUT2D eigenvalue weighted by Crippen LogP contribution is 2.30. The van der Waals surface area contributed by atoms with Crippen molar-refractivity contribution in [2.24, 2.45) is 0 Å². The maximum absolute atomic E-state index is 13.8. The van der Waals surface area contributed by atoms with Crippen LogP contribution in [0.5, 0.6) is 0 Å². The fourth-order valence-corrected chi connectivity index (χ4v) is 1.93. The summed E-state index contributed by atoms with van der Waals surface area (Å²) in [5.74, 6) is -1.18. The van der Waals surface area contributed by atoms with E-state index in [1.165, 1.54) is 6.07 Å². The molecule has 0 spiro atoms. The molecule has 0 saturated heterocycles. The molecule has 0 amide bonds. The van der Waals surface area contributed by atoms with Crippen LogP contribution in [-0.2, 0) is 0 Å². The van der Waals surface area contributed by atoms with Gasteiger partial charge in [0.05, 0.1) is 16.6 Å². The lowest BCUT2D eigenvalue weighted by Crippen LogP contribution is -2.04. The number of nitrogens with zero attached hydrogens (tertiary/aromatic N) is 1. The number of fused-ring (bicyclic) bond motifs is 1. The zero-order valence-corrected chi connectivity index (χ0v) is 10.1. The number of hydrogen-bond acceptors (Lipinski definition) is 2. The Morgan fingerprint density at radius 2 is 1.94 bits per heavy atom. The summed E-state index contributed by atoms with van der Waals surface area (Å²) >= 11 is 0. The summed E-state index contributed by atoms with van der Waals surface area (Å²) in [7, 11) is 0. The van der Waals surface area contributed by atoms with Gasteiger partial charge in [-0.2, -0.15) is 0 Å². The predicted molar refractivity (Wildman–Crippen MR) is 65.3 cm³/mol. The van der Waals surface area contributed by atoms with Crippen LogP contribution in [-0.4, -0.2) is 11.5 Å². The van der Waals surface area contributed by atoms with E-state index in [1.807, 2.05) is 20.8 Å². The second-order valence-electron chi connectivity index (χ2n) is 4.01. The van der Waals surface area contributed by atoms with Crippen LogP contribution < -0.4 is 5.32 Å². The molecule has 17 heavy (non-hydrogen) atoms. The van der Waals surface area contributed by atoms with Gasteiger partial charge in [0, 0.05) is 24.4 Å². The maximum atomic E-state index is 13.8. The van der Waals surface area contributed by atoms with Crippen LogP contribution in [0.4, 0.5) is 14.5 Å². The molecule has 90 valence electrons. The van der Waals surface area contributed by atoms with E-state index in [0.717, 1.165) is 17.3 Å². The van der Waals surface area contributed by atoms with Crippen molar-refractivity contribution in [2.75, 3.05) is 11.9 Å². The van der Waals surface area contributed by atoms with Crippen LogP contribution in [0.3, 0.4) is 0 Å². The summed E-state index contributed by atoms with van der Waals surface area (Å²) in [5, 5.41) is 3.48. The third-order valence-corrected chi connectivity index (χ3v) is 2.84. The molecule has 0 fully saturated rings. The van der Waals surface area contributed by atoms with Gasteiger partial charge in [-0.3, -0.25) is 4.98 Å². The quantitative estimate of drug-likeness (QED) is 0.862. The number of benzene rings is 1. The van der Waals surface area contributed by atoms with Crippen molar-refractivity contribution in [3.63, 3.8) is 0 Å². The van der Waals surface area contributed by atoms with Crippen LogP contribution in [0, 0.1) is 25.5 Å². The summed E-state index contributed by atoms with van der Waals surface area (Å²) in [6.07, 6.45) is 0. The number of aryl methyl sites for hydroxylation is 1. The molecule has 0 unspecified atom stereocenters. The monoisotopic (exact) mass is 236 g/mol. The summed E-state index contributed by atoms with van der Waals surface area (Å²) < 4.78 is 27.0. The maximum Gasteiger partial charge on any atom is 0.137 e. The molecule has 0 bridgehead atoms. The summed E-state index contributed by atoms with van der Waals surface area (Å²) in [6, 6.07) is 2.14. The van der Waals surface area contributed by atoms with Gasteiger partial charge >= 0.3 is 0 Å². The standard InChI is InChI=1S/C13H14F2N2/c1-4-16-13-7(2)8(3)17-11-6-9(14)5-10(15)12(11)13/h5-6H,4H2,1-3H3,(H,16,17). The van der Waals surface area contributed by atoms with Gasteiger partial charge in [0.25, 0.3) is 0 Å². The van der Waals surface area contributed by atoms with E-state index in [2.05, 4.69) is 10.3 Å². The molecule has 4 heteroatoms. The Bertz CT molecular complexity index is 579. The number of rotatable bonds is 2. The number of anilines is 1. The first-order valence-electron chi connectivity index (χ1n) is 5.54. The van der Waals surface area contributed by atoms with Crippen molar-refractivity contribution in [1.82, 2.24) is 4.98 Å². The Hall–Kier alpha value is -1.71. The highest BCUT2D eigenvalue weighted by atomic mass is 19.1. The smallest absolute Gasteiger partial charge is 0.137 e. The lowest BCUT2D eigenvalue weighted by Gasteiger charge is -2.14. The lowest BCUT2D eigenvalue weighted by molar-refractivity contribution is 0.591. The summed E-state index contributed by atoms with van der Waals surface area (Å²) in [4.78, 5) is 4.22. The van der Waals surface area contributed by atoms with E-state index in [-0.39, 0.29) is 0 Å². The number of aromatic nitrogens is 1. The zero-order chi connectivity index (χ0) is 12.6.